The molecule has 0 aliphatic heterocycles. The Morgan fingerprint density at radius 2 is 1.78 bits per heavy atom. The van der Waals surface area contributed by atoms with Crippen LogP contribution in [0.2, 0.25) is 0 Å². The van der Waals surface area contributed by atoms with E-state index >= 15 is 0 Å². The van der Waals surface area contributed by atoms with Crippen LogP contribution in [0.3, 0.4) is 0 Å². The average Bonchev–Trinajstić information content (AvgIpc) is 3.16. The van der Waals surface area contributed by atoms with E-state index in [0.717, 1.165) is 11.1 Å². The molecular weight excluding hydrogens is 345 g/mol. The van der Waals surface area contributed by atoms with E-state index in [1.54, 1.807) is 28.9 Å². The molecule has 4 rings (SSSR count). The second-order valence-electron chi connectivity index (χ2n) is 5.97. The van der Waals surface area contributed by atoms with Crippen LogP contribution in [0.1, 0.15) is 15.9 Å². The highest BCUT2D eigenvalue weighted by atomic mass is 19.2. The Hall–Kier alpha value is -3.74. The lowest BCUT2D eigenvalue weighted by Crippen LogP contribution is -2.22. The van der Waals surface area contributed by atoms with Crippen molar-refractivity contribution in [2.45, 2.75) is 6.54 Å². The number of nitrogens with zero attached hydrogens (tertiary/aromatic N) is 3. The lowest BCUT2D eigenvalue weighted by atomic mass is 10.1. The van der Waals surface area contributed by atoms with Crippen LogP contribution in [0, 0.1) is 0 Å². The maximum Gasteiger partial charge on any atom is 0.251 e. The molecule has 0 bridgehead atoms. The molecule has 2 aromatic heterocycles. The SMILES string of the molecule is O=C(NCc1ccccc1)c1ccc(-c2cnc3ccc(NF)nn23)cc1. The number of imidazole rings is 1. The summed E-state index contributed by atoms with van der Waals surface area (Å²) in [6, 6.07) is 20.0. The van der Waals surface area contributed by atoms with E-state index in [9.17, 15) is 9.28 Å². The zero-order valence-corrected chi connectivity index (χ0v) is 14.3. The van der Waals surface area contributed by atoms with Gasteiger partial charge in [0.25, 0.3) is 5.91 Å². The van der Waals surface area contributed by atoms with Crippen LogP contribution in [-0.2, 0) is 6.54 Å². The molecular formula is C20H16FN5O. The number of nitrogens with one attached hydrogen (secondary N) is 2. The molecule has 2 heterocycles. The fraction of sp³-hybridized carbons (Fsp3) is 0.0500. The number of amides is 1. The molecule has 0 saturated heterocycles. The van der Waals surface area contributed by atoms with Crippen molar-refractivity contribution in [2.24, 2.45) is 0 Å². The molecule has 0 fully saturated rings. The third kappa shape index (κ3) is 3.48. The summed E-state index contributed by atoms with van der Waals surface area (Å²) >= 11 is 0. The topological polar surface area (TPSA) is 71.3 Å². The predicted molar refractivity (Wildman–Crippen MR) is 101 cm³/mol. The van der Waals surface area contributed by atoms with Gasteiger partial charge in [0, 0.05) is 17.7 Å². The number of carbonyl (C=O) groups is 1. The summed E-state index contributed by atoms with van der Waals surface area (Å²) in [6.07, 6.45) is 1.66. The normalized spacial score (nSPS) is 10.7. The number of hydrogen-bond donors (Lipinski definition) is 2. The molecule has 134 valence electrons. The number of fused-ring (bicyclic) bond motifs is 1. The first-order valence-electron chi connectivity index (χ1n) is 8.38. The molecule has 2 aromatic carbocycles. The number of halogens is 1. The highest BCUT2D eigenvalue weighted by Gasteiger charge is 2.10. The number of benzene rings is 2. The summed E-state index contributed by atoms with van der Waals surface area (Å²) in [6.45, 7) is 0.470. The quantitative estimate of drug-likeness (QED) is 0.533. The van der Waals surface area contributed by atoms with Gasteiger partial charge in [0.1, 0.15) is 0 Å². The van der Waals surface area contributed by atoms with E-state index in [1.165, 1.54) is 11.6 Å². The van der Waals surface area contributed by atoms with E-state index < -0.39 is 0 Å². The molecule has 6 nitrogen and oxygen atoms in total. The van der Waals surface area contributed by atoms with Crippen molar-refractivity contribution in [3.05, 3.63) is 84.1 Å². The van der Waals surface area contributed by atoms with E-state index in [0.29, 0.717) is 23.4 Å². The Morgan fingerprint density at radius 1 is 1.00 bits per heavy atom. The minimum absolute atomic E-state index is 0.0960. The first-order valence-corrected chi connectivity index (χ1v) is 8.38. The third-order valence-corrected chi connectivity index (χ3v) is 4.20. The van der Waals surface area contributed by atoms with Crippen LogP contribution in [0.4, 0.5) is 10.3 Å². The smallest absolute Gasteiger partial charge is 0.251 e. The zero-order valence-electron chi connectivity index (χ0n) is 14.3. The van der Waals surface area contributed by atoms with Gasteiger partial charge in [0.2, 0.25) is 0 Å². The number of rotatable bonds is 5. The Bertz CT molecular complexity index is 1080. The van der Waals surface area contributed by atoms with Gasteiger partial charge in [-0.1, -0.05) is 42.5 Å². The van der Waals surface area contributed by atoms with Crippen LogP contribution in [0.25, 0.3) is 16.9 Å². The molecule has 0 atom stereocenters. The van der Waals surface area contributed by atoms with E-state index in [-0.39, 0.29) is 11.7 Å². The van der Waals surface area contributed by atoms with Gasteiger partial charge in [0.05, 0.1) is 11.9 Å². The Morgan fingerprint density at radius 3 is 2.52 bits per heavy atom. The molecule has 0 radical (unpaired) electrons. The number of carbonyl (C=O) groups excluding carboxylic acids is 1. The minimum atomic E-state index is -0.148. The molecule has 0 aliphatic carbocycles. The summed E-state index contributed by atoms with van der Waals surface area (Å²) < 4.78 is 14.2. The van der Waals surface area contributed by atoms with Crippen LogP contribution >= 0.6 is 0 Å². The third-order valence-electron chi connectivity index (χ3n) is 4.20. The average molecular weight is 361 g/mol. The van der Waals surface area contributed by atoms with Gasteiger partial charge >= 0.3 is 0 Å². The summed E-state index contributed by atoms with van der Waals surface area (Å²) in [5.41, 5.74) is 5.26. The highest BCUT2D eigenvalue weighted by molar-refractivity contribution is 5.94. The minimum Gasteiger partial charge on any atom is -0.348 e. The summed E-state index contributed by atoms with van der Waals surface area (Å²) in [4.78, 5) is 16.6. The van der Waals surface area contributed by atoms with Gasteiger partial charge in [-0.2, -0.15) is 0 Å². The Balaban J connectivity index is 1.53. The van der Waals surface area contributed by atoms with Crippen molar-refractivity contribution in [3.63, 3.8) is 0 Å². The fourth-order valence-electron chi connectivity index (χ4n) is 2.79. The monoisotopic (exact) mass is 361 g/mol. The second-order valence-corrected chi connectivity index (χ2v) is 5.97. The van der Waals surface area contributed by atoms with E-state index in [2.05, 4.69) is 15.4 Å². The van der Waals surface area contributed by atoms with Gasteiger partial charge in [-0.05, 0) is 29.8 Å². The first-order chi connectivity index (χ1) is 13.2. The molecule has 0 unspecified atom stereocenters. The molecule has 0 saturated carbocycles. The summed E-state index contributed by atoms with van der Waals surface area (Å²) in [7, 11) is 0. The maximum absolute atomic E-state index is 12.6. The van der Waals surface area contributed by atoms with Crippen LogP contribution in [0.15, 0.2) is 72.9 Å². The molecule has 0 aliphatic rings. The highest BCUT2D eigenvalue weighted by Crippen LogP contribution is 2.21. The molecule has 1 amide bonds. The van der Waals surface area contributed by atoms with Gasteiger partial charge in [-0.3, -0.25) is 4.79 Å². The lowest BCUT2D eigenvalue weighted by Gasteiger charge is -2.07. The summed E-state index contributed by atoms with van der Waals surface area (Å²) in [5.74, 6) is -0.0516. The fourth-order valence-corrected chi connectivity index (χ4v) is 2.79. The second kappa shape index (κ2) is 7.25. The van der Waals surface area contributed by atoms with Crippen molar-refractivity contribution in [3.8, 4) is 11.3 Å². The van der Waals surface area contributed by atoms with Gasteiger partial charge in [0.15, 0.2) is 11.5 Å². The zero-order chi connectivity index (χ0) is 18.6. The van der Waals surface area contributed by atoms with Crippen molar-refractivity contribution in [1.82, 2.24) is 19.9 Å². The predicted octanol–water partition coefficient (Wildman–Crippen LogP) is 3.62. The van der Waals surface area contributed by atoms with Crippen LogP contribution in [0.5, 0.6) is 0 Å². The lowest BCUT2D eigenvalue weighted by molar-refractivity contribution is 0.0951. The van der Waals surface area contributed by atoms with Crippen LogP contribution in [-0.4, -0.2) is 20.5 Å². The Kier molecular flexibility index (Phi) is 4.49. The Labute approximate surface area is 154 Å². The first kappa shape index (κ1) is 16.7. The molecule has 0 spiro atoms. The summed E-state index contributed by atoms with van der Waals surface area (Å²) in [5, 5.41) is 7.03. The van der Waals surface area contributed by atoms with Crippen LogP contribution < -0.4 is 10.9 Å². The van der Waals surface area contributed by atoms with E-state index in [4.69, 9.17) is 0 Å². The van der Waals surface area contributed by atoms with Gasteiger partial charge < -0.3 is 5.32 Å². The standard InChI is InChI=1S/C20H16FN5O/c21-24-18-10-11-19-22-13-17(26(19)25-18)15-6-8-16(9-7-15)20(27)23-12-14-4-2-1-3-5-14/h1-11,13H,12H2,(H,23,27)(H,24,25). The van der Waals surface area contributed by atoms with E-state index in [1.807, 2.05) is 42.5 Å². The van der Waals surface area contributed by atoms with Crippen molar-refractivity contribution >= 4 is 17.4 Å². The number of aromatic nitrogens is 3. The maximum atomic E-state index is 12.6. The number of anilines is 1. The number of hydrogen-bond acceptors (Lipinski definition) is 4. The van der Waals surface area contributed by atoms with Crippen molar-refractivity contribution in [2.75, 3.05) is 5.54 Å². The molecule has 2 N–H and O–H groups in total. The van der Waals surface area contributed by atoms with Crippen molar-refractivity contribution < 1.29 is 9.28 Å². The van der Waals surface area contributed by atoms with Gasteiger partial charge in [-0.25, -0.2) is 15.0 Å². The molecule has 4 aromatic rings. The largest absolute Gasteiger partial charge is 0.348 e. The van der Waals surface area contributed by atoms with Crippen molar-refractivity contribution in [1.29, 1.82) is 0 Å². The van der Waals surface area contributed by atoms with Gasteiger partial charge in [-0.15, -0.1) is 9.58 Å². The molecule has 7 heteroatoms. The molecule has 27 heavy (non-hydrogen) atoms.